The predicted molar refractivity (Wildman–Crippen MR) is 190 cm³/mol. The van der Waals surface area contributed by atoms with Crippen molar-refractivity contribution in [1.82, 2.24) is 9.88 Å². The van der Waals surface area contributed by atoms with Crippen LogP contribution in [-0.2, 0) is 13.1 Å². The zero-order valence-corrected chi connectivity index (χ0v) is 24.9. The van der Waals surface area contributed by atoms with E-state index >= 15 is 0 Å². The molecule has 0 unspecified atom stereocenters. The average Bonchev–Trinajstić information content (AvgIpc) is 3.44. The number of fused-ring (bicyclic) bond motifs is 5. The number of nitrogens with zero attached hydrogens (tertiary/aromatic N) is 1. The zero-order chi connectivity index (χ0) is 30.0. The van der Waals surface area contributed by atoms with E-state index in [4.69, 9.17) is 0 Å². The molecular formula is C42H33N3. The molecule has 216 valence electrons. The highest BCUT2D eigenvalue weighted by atomic mass is 15.0. The maximum Gasteiger partial charge on any atom is 0.0553 e. The van der Waals surface area contributed by atoms with E-state index in [2.05, 4.69) is 173 Å². The molecular weight excluding hydrogens is 546 g/mol. The second kappa shape index (κ2) is 11.8. The molecule has 8 rings (SSSR count). The van der Waals surface area contributed by atoms with Crippen molar-refractivity contribution in [3.05, 3.63) is 175 Å². The Hall–Kier alpha value is -5.64. The largest absolute Gasteiger partial charge is 0.355 e. The number of para-hydroxylation sites is 3. The van der Waals surface area contributed by atoms with Crippen LogP contribution in [0, 0.1) is 0 Å². The van der Waals surface area contributed by atoms with Gasteiger partial charge in [-0.15, -0.1) is 0 Å². The van der Waals surface area contributed by atoms with Gasteiger partial charge in [0.1, 0.15) is 0 Å². The molecule has 0 saturated heterocycles. The summed E-state index contributed by atoms with van der Waals surface area (Å²) in [6.07, 6.45) is 0. The van der Waals surface area contributed by atoms with Crippen molar-refractivity contribution in [1.29, 1.82) is 0 Å². The Kier molecular flexibility index (Phi) is 7.07. The van der Waals surface area contributed by atoms with Gasteiger partial charge in [0, 0.05) is 46.5 Å². The molecule has 8 aromatic rings. The first kappa shape index (κ1) is 26.9. The third-order valence-corrected chi connectivity index (χ3v) is 8.64. The maximum absolute atomic E-state index is 3.68. The predicted octanol–water partition coefficient (Wildman–Crippen LogP) is 10.6. The molecule has 0 spiro atoms. The molecule has 0 aliphatic heterocycles. The van der Waals surface area contributed by atoms with Crippen molar-refractivity contribution < 1.29 is 0 Å². The van der Waals surface area contributed by atoms with Gasteiger partial charge >= 0.3 is 0 Å². The molecule has 0 radical (unpaired) electrons. The summed E-state index contributed by atoms with van der Waals surface area (Å²) in [5.41, 5.74) is 10.7. The van der Waals surface area contributed by atoms with Crippen LogP contribution in [0.1, 0.15) is 11.1 Å². The smallest absolute Gasteiger partial charge is 0.0553 e. The van der Waals surface area contributed by atoms with Gasteiger partial charge in [0.25, 0.3) is 0 Å². The lowest BCUT2D eigenvalue weighted by atomic mass is 9.94. The number of nitrogens with one attached hydrogen (secondary N) is 2. The Labute approximate surface area is 263 Å². The van der Waals surface area contributed by atoms with E-state index < -0.39 is 0 Å². The van der Waals surface area contributed by atoms with Crippen LogP contribution in [0.15, 0.2) is 164 Å². The molecule has 1 heterocycles. The third-order valence-electron chi connectivity index (χ3n) is 8.64. The van der Waals surface area contributed by atoms with Gasteiger partial charge in [-0.3, -0.25) is 0 Å². The Morgan fingerprint density at radius 3 is 1.82 bits per heavy atom. The topological polar surface area (TPSA) is 29.0 Å². The van der Waals surface area contributed by atoms with Crippen LogP contribution in [0.3, 0.4) is 0 Å². The fourth-order valence-corrected chi connectivity index (χ4v) is 6.54. The summed E-state index contributed by atoms with van der Waals surface area (Å²) in [6.45, 7) is 1.67. The minimum Gasteiger partial charge on any atom is -0.355 e. The van der Waals surface area contributed by atoms with E-state index in [9.17, 15) is 0 Å². The van der Waals surface area contributed by atoms with Gasteiger partial charge in [-0.1, -0.05) is 121 Å². The highest BCUT2D eigenvalue weighted by Gasteiger charge is 2.19. The first-order chi connectivity index (χ1) is 22.3. The Bertz CT molecular complexity index is 2250. The summed E-state index contributed by atoms with van der Waals surface area (Å²) < 4.78 is 2.43. The SMILES string of the molecule is c1ccc(CNCc2ccc(-n3c4ccccc4c4c5ccccc5c(-c5ccccc5Nc5ccccc5)cc43)cc2)cc1. The molecule has 1 aromatic heterocycles. The quantitative estimate of drug-likeness (QED) is 0.187. The lowest BCUT2D eigenvalue weighted by Gasteiger charge is -2.16. The summed E-state index contributed by atoms with van der Waals surface area (Å²) in [6, 6.07) is 58.6. The number of benzene rings is 7. The minimum atomic E-state index is 0.822. The van der Waals surface area contributed by atoms with Gasteiger partial charge in [-0.25, -0.2) is 0 Å². The van der Waals surface area contributed by atoms with Gasteiger partial charge in [0.05, 0.1) is 11.0 Å². The summed E-state index contributed by atoms with van der Waals surface area (Å²) in [4.78, 5) is 0. The normalized spacial score (nSPS) is 11.4. The lowest BCUT2D eigenvalue weighted by Crippen LogP contribution is -2.12. The van der Waals surface area contributed by atoms with E-state index in [1.807, 2.05) is 6.07 Å². The van der Waals surface area contributed by atoms with E-state index in [0.717, 1.165) is 30.2 Å². The molecule has 45 heavy (non-hydrogen) atoms. The third kappa shape index (κ3) is 5.14. The van der Waals surface area contributed by atoms with Gasteiger partial charge in [-0.2, -0.15) is 0 Å². The highest BCUT2D eigenvalue weighted by molar-refractivity contribution is 6.24. The van der Waals surface area contributed by atoms with Crippen LogP contribution < -0.4 is 10.6 Å². The summed E-state index contributed by atoms with van der Waals surface area (Å²) in [7, 11) is 0. The van der Waals surface area contributed by atoms with Gasteiger partial charge in [0.15, 0.2) is 0 Å². The fraction of sp³-hybridized carbons (Fsp3) is 0.0476. The number of anilines is 2. The Balaban J connectivity index is 1.26. The molecule has 0 amide bonds. The number of hydrogen-bond donors (Lipinski definition) is 2. The second-order valence-corrected chi connectivity index (χ2v) is 11.5. The fourth-order valence-electron chi connectivity index (χ4n) is 6.54. The summed E-state index contributed by atoms with van der Waals surface area (Å²) in [5, 5.41) is 12.3. The average molecular weight is 580 g/mol. The molecule has 2 N–H and O–H groups in total. The van der Waals surface area contributed by atoms with E-state index in [1.54, 1.807) is 0 Å². The minimum absolute atomic E-state index is 0.822. The molecule has 0 saturated carbocycles. The van der Waals surface area contributed by atoms with Gasteiger partial charge < -0.3 is 15.2 Å². The lowest BCUT2D eigenvalue weighted by molar-refractivity contribution is 0.693. The standard InChI is InChI=1S/C42H33N3/c1-3-13-30(14-4-1)28-43-29-31-23-25-33(26-24-31)45-40-22-12-10-20-37(40)42-36-19-8-7-17-34(36)38(27-41(42)45)35-18-9-11-21-39(35)44-32-15-5-2-6-16-32/h1-27,43-44H,28-29H2. The van der Waals surface area contributed by atoms with Crippen LogP contribution in [0.25, 0.3) is 49.4 Å². The number of rotatable bonds is 8. The van der Waals surface area contributed by atoms with Crippen molar-refractivity contribution in [3.8, 4) is 16.8 Å². The first-order valence-electron chi connectivity index (χ1n) is 15.5. The highest BCUT2D eigenvalue weighted by Crippen LogP contribution is 2.43. The molecule has 0 atom stereocenters. The Morgan fingerprint density at radius 2 is 1.04 bits per heavy atom. The summed E-state index contributed by atoms with van der Waals surface area (Å²) >= 11 is 0. The molecule has 3 heteroatoms. The van der Waals surface area contributed by atoms with Gasteiger partial charge in [-0.05, 0) is 69.9 Å². The summed E-state index contributed by atoms with van der Waals surface area (Å²) in [5.74, 6) is 0. The van der Waals surface area contributed by atoms with Crippen LogP contribution in [0.2, 0.25) is 0 Å². The van der Waals surface area contributed by atoms with Crippen LogP contribution in [0.4, 0.5) is 11.4 Å². The first-order valence-corrected chi connectivity index (χ1v) is 15.5. The molecule has 0 bridgehead atoms. The van der Waals surface area contributed by atoms with Crippen LogP contribution in [0.5, 0.6) is 0 Å². The molecule has 0 aliphatic carbocycles. The van der Waals surface area contributed by atoms with Crippen molar-refractivity contribution in [3.63, 3.8) is 0 Å². The molecule has 7 aromatic carbocycles. The van der Waals surface area contributed by atoms with Gasteiger partial charge in [0.2, 0.25) is 0 Å². The Morgan fingerprint density at radius 1 is 0.444 bits per heavy atom. The molecule has 0 fully saturated rings. The van der Waals surface area contributed by atoms with Crippen molar-refractivity contribution in [2.24, 2.45) is 0 Å². The van der Waals surface area contributed by atoms with Crippen molar-refractivity contribution >= 4 is 44.0 Å². The molecule has 0 aliphatic rings. The van der Waals surface area contributed by atoms with E-state index in [1.165, 1.54) is 54.8 Å². The number of aromatic nitrogens is 1. The second-order valence-electron chi connectivity index (χ2n) is 11.5. The van der Waals surface area contributed by atoms with E-state index in [-0.39, 0.29) is 0 Å². The monoisotopic (exact) mass is 579 g/mol. The van der Waals surface area contributed by atoms with Crippen molar-refractivity contribution in [2.45, 2.75) is 13.1 Å². The molecule has 3 nitrogen and oxygen atoms in total. The van der Waals surface area contributed by atoms with Crippen molar-refractivity contribution in [2.75, 3.05) is 5.32 Å². The van der Waals surface area contributed by atoms with E-state index in [0.29, 0.717) is 0 Å². The number of hydrogen-bond acceptors (Lipinski definition) is 2. The van der Waals surface area contributed by atoms with Crippen LogP contribution >= 0.6 is 0 Å². The maximum atomic E-state index is 3.68. The zero-order valence-electron chi connectivity index (χ0n) is 24.9. The van der Waals surface area contributed by atoms with Crippen LogP contribution in [-0.4, -0.2) is 4.57 Å².